The van der Waals surface area contributed by atoms with Crippen molar-refractivity contribution in [2.24, 2.45) is 5.73 Å². The number of nitrogens with one attached hydrogen (secondary N) is 1. The van der Waals surface area contributed by atoms with Crippen molar-refractivity contribution in [1.82, 2.24) is 19.4 Å². The maximum atomic E-state index is 14.3. The standard InChI is InChI=1S/C17H32FN5O2S/c18-15-11-20-12-16(19)17(15)22-7-3-14(4-8-22)26(24,25)23-10-9-21-5-1-13(23)2-6-21/h13-17,20H,1-12,19H2. The second-order valence-electron chi connectivity index (χ2n) is 8.29. The van der Waals surface area contributed by atoms with Gasteiger partial charge in [-0.1, -0.05) is 0 Å². The summed E-state index contributed by atoms with van der Waals surface area (Å²) in [6.07, 6.45) is 2.08. The van der Waals surface area contributed by atoms with Gasteiger partial charge in [-0.2, -0.15) is 4.31 Å². The van der Waals surface area contributed by atoms with E-state index in [1.54, 1.807) is 4.31 Å². The molecule has 5 saturated heterocycles. The summed E-state index contributed by atoms with van der Waals surface area (Å²) < 4.78 is 42.7. The molecule has 0 saturated carbocycles. The van der Waals surface area contributed by atoms with Gasteiger partial charge in [-0.15, -0.1) is 0 Å². The van der Waals surface area contributed by atoms with Crippen LogP contribution in [0.3, 0.4) is 0 Å². The lowest BCUT2D eigenvalue weighted by Crippen LogP contribution is -2.64. The zero-order chi connectivity index (χ0) is 18.3. The van der Waals surface area contributed by atoms with Crippen molar-refractivity contribution < 1.29 is 12.8 Å². The van der Waals surface area contributed by atoms with E-state index in [1.165, 1.54) is 0 Å². The van der Waals surface area contributed by atoms with Gasteiger partial charge < -0.3 is 16.0 Å². The molecule has 5 aliphatic heterocycles. The van der Waals surface area contributed by atoms with Crippen LogP contribution in [0.4, 0.5) is 4.39 Å². The maximum Gasteiger partial charge on any atom is 0.217 e. The minimum absolute atomic E-state index is 0.171. The van der Waals surface area contributed by atoms with E-state index in [0.717, 1.165) is 32.5 Å². The van der Waals surface area contributed by atoms with Crippen LogP contribution in [-0.2, 0) is 10.0 Å². The Labute approximate surface area is 156 Å². The van der Waals surface area contributed by atoms with Crippen LogP contribution in [0.5, 0.6) is 0 Å². The van der Waals surface area contributed by atoms with Crippen molar-refractivity contribution in [1.29, 1.82) is 0 Å². The molecule has 3 unspecified atom stereocenters. The van der Waals surface area contributed by atoms with Gasteiger partial charge in [0.05, 0.1) is 11.3 Å². The molecular formula is C17H32FN5O2S. The first-order chi connectivity index (χ1) is 12.5. The third kappa shape index (κ3) is 3.54. The molecule has 5 aliphatic rings. The number of hydrogen-bond donors (Lipinski definition) is 2. The Morgan fingerprint density at radius 1 is 0.923 bits per heavy atom. The summed E-state index contributed by atoms with van der Waals surface area (Å²) in [6, 6.07) is -0.353. The molecule has 0 aliphatic carbocycles. The van der Waals surface area contributed by atoms with Crippen LogP contribution in [0.2, 0.25) is 0 Å². The van der Waals surface area contributed by atoms with Gasteiger partial charge in [0.15, 0.2) is 0 Å². The van der Waals surface area contributed by atoms with E-state index >= 15 is 0 Å². The second-order valence-corrected chi connectivity index (χ2v) is 10.5. The number of piperidine rings is 3. The zero-order valence-corrected chi connectivity index (χ0v) is 16.2. The first-order valence-electron chi connectivity index (χ1n) is 10.0. The lowest BCUT2D eigenvalue weighted by atomic mass is 9.95. The van der Waals surface area contributed by atoms with Gasteiger partial charge in [0.1, 0.15) is 6.17 Å². The van der Waals surface area contributed by atoms with Crippen molar-refractivity contribution in [2.75, 3.05) is 52.4 Å². The summed E-state index contributed by atoms with van der Waals surface area (Å²) >= 11 is 0. The molecule has 0 aromatic carbocycles. The molecule has 0 aromatic rings. The number of fused-ring (bicyclic) bond motifs is 4. The van der Waals surface area contributed by atoms with Gasteiger partial charge in [-0.05, 0) is 51.9 Å². The third-order valence-electron chi connectivity index (χ3n) is 6.78. The van der Waals surface area contributed by atoms with Crippen LogP contribution in [0, 0.1) is 0 Å². The van der Waals surface area contributed by atoms with Crippen LogP contribution in [-0.4, -0.2) is 104 Å². The molecule has 5 heterocycles. The molecule has 9 heteroatoms. The topological polar surface area (TPSA) is 81.9 Å². The number of likely N-dealkylation sites (tertiary alicyclic amines) is 1. The molecule has 150 valence electrons. The van der Waals surface area contributed by atoms with Gasteiger partial charge >= 0.3 is 0 Å². The fourth-order valence-corrected chi connectivity index (χ4v) is 7.40. The fraction of sp³-hybridized carbons (Fsp3) is 1.00. The Bertz CT molecular complexity index is 580. The first kappa shape index (κ1) is 19.0. The van der Waals surface area contributed by atoms with Gasteiger partial charge in [-0.3, -0.25) is 4.90 Å². The number of sulfonamides is 1. The molecule has 3 atom stereocenters. The lowest BCUT2D eigenvalue weighted by Gasteiger charge is -2.44. The Morgan fingerprint density at radius 2 is 1.62 bits per heavy atom. The number of rotatable bonds is 3. The Hall–Kier alpha value is -0.320. The molecule has 3 N–H and O–H groups in total. The molecule has 26 heavy (non-hydrogen) atoms. The Morgan fingerprint density at radius 3 is 2.27 bits per heavy atom. The molecular weight excluding hydrogens is 357 g/mol. The van der Waals surface area contributed by atoms with Crippen LogP contribution in [0.1, 0.15) is 25.7 Å². The van der Waals surface area contributed by atoms with E-state index in [1.807, 2.05) is 0 Å². The number of alkyl halides is 1. The van der Waals surface area contributed by atoms with Gasteiger partial charge in [0.25, 0.3) is 0 Å². The Kier molecular flexibility index (Phi) is 5.56. The van der Waals surface area contributed by atoms with Crippen molar-refractivity contribution in [3.8, 4) is 0 Å². The van der Waals surface area contributed by atoms with Crippen molar-refractivity contribution in [2.45, 2.75) is 55.2 Å². The van der Waals surface area contributed by atoms with E-state index < -0.39 is 16.2 Å². The lowest BCUT2D eigenvalue weighted by molar-refractivity contribution is 0.0564. The molecule has 0 radical (unpaired) electrons. The second kappa shape index (κ2) is 7.60. The molecule has 0 amide bonds. The van der Waals surface area contributed by atoms with E-state index in [4.69, 9.17) is 5.73 Å². The summed E-state index contributed by atoms with van der Waals surface area (Å²) in [4.78, 5) is 4.45. The van der Waals surface area contributed by atoms with Crippen molar-refractivity contribution in [3.63, 3.8) is 0 Å². The van der Waals surface area contributed by atoms with E-state index in [-0.39, 0.29) is 23.4 Å². The van der Waals surface area contributed by atoms with Crippen molar-refractivity contribution in [3.05, 3.63) is 0 Å². The SMILES string of the molecule is NC1CNCC(F)C1N1CCC(S(=O)(=O)N2CCN3CCC2CC3)CC1. The molecule has 0 aromatic heterocycles. The minimum atomic E-state index is -3.28. The number of hydrogen-bond acceptors (Lipinski definition) is 6. The summed E-state index contributed by atoms with van der Waals surface area (Å²) in [6.45, 7) is 5.70. The highest BCUT2D eigenvalue weighted by atomic mass is 32.2. The van der Waals surface area contributed by atoms with Gasteiger partial charge in [0, 0.05) is 38.3 Å². The molecule has 5 fully saturated rings. The summed E-state index contributed by atoms with van der Waals surface area (Å²) in [5.74, 6) is 0. The number of nitrogens with two attached hydrogens (primary N) is 1. The largest absolute Gasteiger partial charge is 0.325 e. The quantitative estimate of drug-likeness (QED) is 0.658. The van der Waals surface area contributed by atoms with Crippen LogP contribution in [0.15, 0.2) is 0 Å². The normalized spacial score (nSPS) is 41.2. The molecule has 0 spiro atoms. The first-order valence-corrected chi connectivity index (χ1v) is 11.5. The predicted molar refractivity (Wildman–Crippen MR) is 99.2 cm³/mol. The summed E-state index contributed by atoms with van der Waals surface area (Å²) in [5, 5.41) is 2.69. The fourth-order valence-electron chi connectivity index (χ4n) is 5.25. The molecule has 5 rings (SSSR count). The highest BCUT2D eigenvalue weighted by molar-refractivity contribution is 7.89. The smallest absolute Gasteiger partial charge is 0.217 e. The van der Waals surface area contributed by atoms with Gasteiger partial charge in [0.2, 0.25) is 10.0 Å². The predicted octanol–water partition coefficient (Wildman–Crippen LogP) is -0.802. The van der Waals surface area contributed by atoms with E-state index in [9.17, 15) is 12.8 Å². The highest BCUT2D eigenvalue weighted by Crippen LogP contribution is 2.30. The Balaban J connectivity index is 1.40. The van der Waals surface area contributed by atoms with Crippen LogP contribution in [0.25, 0.3) is 0 Å². The zero-order valence-electron chi connectivity index (χ0n) is 15.4. The monoisotopic (exact) mass is 389 g/mol. The molecule has 2 bridgehead atoms. The average Bonchev–Trinajstić information content (AvgIpc) is 2.96. The number of halogens is 1. The van der Waals surface area contributed by atoms with Crippen LogP contribution >= 0.6 is 0 Å². The summed E-state index contributed by atoms with van der Waals surface area (Å²) in [5.41, 5.74) is 6.12. The van der Waals surface area contributed by atoms with Crippen LogP contribution < -0.4 is 11.1 Å². The third-order valence-corrected chi connectivity index (χ3v) is 9.22. The summed E-state index contributed by atoms with van der Waals surface area (Å²) in [7, 11) is -3.28. The highest BCUT2D eigenvalue weighted by Gasteiger charge is 2.43. The van der Waals surface area contributed by atoms with E-state index in [0.29, 0.717) is 45.6 Å². The van der Waals surface area contributed by atoms with E-state index in [2.05, 4.69) is 15.1 Å². The average molecular weight is 390 g/mol. The molecule has 7 nitrogen and oxygen atoms in total. The van der Waals surface area contributed by atoms with Gasteiger partial charge in [-0.25, -0.2) is 12.8 Å². The van der Waals surface area contributed by atoms with Crippen molar-refractivity contribution >= 4 is 10.0 Å². The maximum absolute atomic E-state index is 14.3. The minimum Gasteiger partial charge on any atom is -0.325 e. The number of nitrogens with zero attached hydrogens (tertiary/aromatic N) is 3.